The lowest BCUT2D eigenvalue weighted by molar-refractivity contribution is -0.124. The molecule has 0 fully saturated rings. The molecule has 0 aliphatic heterocycles. The Kier molecular flexibility index (Phi) is 6.14. The van der Waals surface area contributed by atoms with Gasteiger partial charge in [-0.1, -0.05) is 48.0 Å². The fourth-order valence-corrected chi connectivity index (χ4v) is 3.35. The zero-order valence-corrected chi connectivity index (χ0v) is 17.7. The number of carbonyl (C=O) groups excluding carboxylic acids is 2. The molecule has 1 atom stereocenters. The number of imidazole rings is 1. The Morgan fingerprint density at radius 1 is 1.11 bits per heavy atom. The van der Waals surface area contributed by atoms with Crippen molar-refractivity contribution >= 4 is 44.5 Å². The number of para-hydroxylation sites is 2. The van der Waals surface area contributed by atoms with E-state index in [1.807, 2.05) is 73.9 Å². The third-order valence-electron chi connectivity index (χ3n) is 4.36. The molecule has 0 aliphatic rings. The van der Waals surface area contributed by atoms with Crippen LogP contribution in [-0.2, 0) is 16.1 Å². The van der Waals surface area contributed by atoms with E-state index in [0.29, 0.717) is 11.5 Å². The van der Waals surface area contributed by atoms with E-state index in [1.54, 1.807) is 0 Å². The second kappa shape index (κ2) is 8.56. The van der Waals surface area contributed by atoms with Crippen molar-refractivity contribution in [3.63, 3.8) is 0 Å². The summed E-state index contributed by atoms with van der Waals surface area (Å²) in [4.78, 5) is 29.5. The molecule has 0 spiro atoms. The molecule has 1 heterocycles. The second-order valence-corrected chi connectivity index (χ2v) is 7.90. The number of hydrogen-bond donors (Lipinski definition) is 2. The molecule has 6 nitrogen and oxygen atoms in total. The Bertz CT molecular complexity index is 1010. The van der Waals surface area contributed by atoms with Crippen LogP contribution in [0.2, 0.25) is 0 Å². The van der Waals surface area contributed by atoms with Crippen molar-refractivity contribution in [3.8, 4) is 0 Å². The summed E-state index contributed by atoms with van der Waals surface area (Å²) in [6, 6.07) is 14.8. The Balaban J connectivity index is 1.88. The zero-order chi connectivity index (χ0) is 20.3. The van der Waals surface area contributed by atoms with Crippen LogP contribution in [-0.4, -0.2) is 21.4 Å². The molecule has 1 aromatic heterocycles. The maximum absolute atomic E-state index is 12.7. The van der Waals surface area contributed by atoms with Crippen LogP contribution < -0.4 is 10.6 Å². The summed E-state index contributed by atoms with van der Waals surface area (Å²) in [5.41, 5.74) is 2.36. The minimum absolute atomic E-state index is 0.0512. The molecule has 146 valence electrons. The van der Waals surface area contributed by atoms with Crippen molar-refractivity contribution < 1.29 is 9.59 Å². The Hall–Kier alpha value is -2.67. The molecule has 2 aromatic carbocycles. The molecule has 3 rings (SSSR count). The summed E-state index contributed by atoms with van der Waals surface area (Å²) in [5, 5.41) is 5.87. The van der Waals surface area contributed by atoms with E-state index in [9.17, 15) is 9.59 Å². The average molecular weight is 443 g/mol. The predicted octanol–water partition coefficient (Wildman–Crippen LogP) is 4.27. The lowest BCUT2D eigenvalue weighted by Crippen LogP contribution is -2.32. The highest BCUT2D eigenvalue weighted by molar-refractivity contribution is 9.10. The van der Waals surface area contributed by atoms with Gasteiger partial charge in [0.05, 0.1) is 17.1 Å². The number of anilines is 1. The topological polar surface area (TPSA) is 76.0 Å². The molecule has 2 N–H and O–H groups in total. The molecule has 28 heavy (non-hydrogen) atoms. The largest absolute Gasteiger partial charge is 0.346 e. The van der Waals surface area contributed by atoms with Crippen molar-refractivity contribution in [2.24, 2.45) is 5.92 Å². The number of nitrogens with zero attached hydrogens (tertiary/aromatic N) is 2. The molecule has 0 bridgehead atoms. The van der Waals surface area contributed by atoms with Gasteiger partial charge in [0.1, 0.15) is 12.4 Å². The van der Waals surface area contributed by atoms with Gasteiger partial charge < -0.3 is 15.2 Å². The molecular formula is C21H23BrN4O2. The number of fused-ring (bicyclic) bond motifs is 1. The standard InChI is InChI=1S/C21H23BrN4O2/c1-13(2)21(28)23-14(3)20-25-17-9-4-5-10-18(17)26(20)12-19(27)24-16-8-6-7-15(22)11-16/h4-11,13-14H,12H2,1-3H3,(H,23,28)(H,24,27). The first kappa shape index (κ1) is 20.1. The van der Waals surface area contributed by atoms with Crippen molar-refractivity contribution in [2.75, 3.05) is 5.32 Å². The minimum atomic E-state index is -0.319. The maximum Gasteiger partial charge on any atom is 0.244 e. The third-order valence-corrected chi connectivity index (χ3v) is 4.86. The molecule has 0 saturated carbocycles. The first-order valence-electron chi connectivity index (χ1n) is 9.16. The summed E-state index contributed by atoms with van der Waals surface area (Å²) in [6.45, 7) is 5.67. The van der Waals surface area contributed by atoms with E-state index in [1.165, 1.54) is 0 Å². The Morgan fingerprint density at radius 2 is 1.86 bits per heavy atom. The maximum atomic E-state index is 12.7. The summed E-state index contributed by atoms with van der Waals surface area (Å²) < 4.78 is 2.75. The minimum Gasteiger partial charge on any atom is -0.346 e. The highest BCUT2D eigenvalue weighted by atomic mass is 79.9. The number of halogens is 1. The van der Waals surface area contributed by atoms with E-state index in [-0.39, 0.29) is 30.3 Å². The quantitative estimate of drug-likeness (QED) is 0.598. The number of carbonyl (C=O) groups is 2. The lowest BCUT2D eigenvalue weighted by atomic mass is 10.2. The van der Waals surface area contributed by atoms with Gasteiger partial charge in [0.2, 0.25) is 11.8 Å². The van der Waals surface area contributed by atoms with Crippen LogP contribution in [0.5, 0.6) is 0 Å². The first-order valence-corrected chi connectivity index (χ1v) is 9.95. The van der Waals surface area contributed by atoms with Gasteiger partial charge in [0.25, 0.3) is 0 Å². The lowest BCUT2D eigenvalue weighted by Gasteiger charge is -2.17. The van der Waals surface area contributed by atoms with E-state index in [0.717, 1.165) is 15.5 Å². The molecule has 7 heteroatoms. The number of amides is 2. The zero-order valence-electron chi connectivity index (χ0n) is 16.1. The molecule has 1 unspecified atom stereocenters. The molecule has 0 saturated heterocycles. The average Bonchev–Trinajstić information content (AvgIpc) is 3.00. The monoisotopic (exact) mass is 442 g/mol. The van der Waals surface area contributed by atoms with E-state index in [4.69, 9.17) is 0 Å². The van der Waals surface area contributed by atoms with Crippen LogP contribution in [0.25, 0.3) is 11.0 Å². The number of aromatic nitrogens is 2. The third kappa shape index (κ3) is 4.59. The van der Waals surface area contributed by atoms with Gasteiger partial charge >= 0.3 is 0 Å². The van der Waals surface area contributed by atoms with Crippen LogP contribution in [0.3, 0.4) is 0 Å². The first-order chi connectivity index (χ1) is 13.3. The van der Waals surface area contributed by atoms with Crippen molar-refractivity contribution in [1.82, 2.24) is 14.9 Å². The van der Waals surface area contributed by atoms with E-state index in [2.05, 4.69) is 31.5 Å². The molecular weight excluding hydrogens is 420 g/mol. The van der Waals surface area contributed by atoms with Gasteiger partial charge in [-0.15, -0.1) is 0 Å². The van der Waals surface area contributed by atoms with Gasteiger partial charge in [-0.05, 0) is 37.3 Å². The normalized spacial score (nSPS) is 12.2. The van der Waals surface area contributed by atoms with Gasteiger partial charge in [0, 0.05) is 16.1 Å². The summed E-state index contributed by atoms with van der Waals surface area (Å²) in [7, 11) is 0. The van der Waals surface area contributed by atoms with Gasteiger partial charge in [-0.3, -0.25) is 9.59 Å². The van der Waals surface area contributed by atoms with Crippen LogP contribution in [0.15, 0.2) is 53.0 Å². The number of hydrogen-bond acceptors (Lipinski definition) is 3. The van der Waals surface area contributed by atoms with Crippen LogP contribution in [0.1, 0.15) is 32.6 Å². The molecule has 0 aliphatic carbocycles. The fraction of sp³-hybridized carbons (Fsp3) is 0.286. The Morgan fingerprint density at radius 3 is 2.57 bits per heavy atom. The van der Waals surface area contributed by atoms with Gasteiger partial charge in [-0.2, -0.15) is 0 Å². The van der Waals surface area contributed by atoms with Crippen molar-refractivity contribution in [2.45, 2.75) is 33.4 Å². The fourth-order valence-electron chi connectivity index (χ4n) is 2.95. The summed E-state index contributed by atoms with van der Waals surface area (Å²) >= 11 is 3.40. The van der Waals surface area contributed by atoms with Crippen molar-refractivity contribution in [3.05, 3.63) is 58.8 Å². The van der Waals surface area contributed by atoms with Crippen LogP contribution in [0.4, 0.5) is 5.69 Å². The highest BCUT2D eigenvalue weighted by Gasteiger charge is 2.21. The highest BCUT2D eigenvalue weighted by Crippen LogP contribution is 2.22. The van der Waals surface area contributed by atoms with Gasteiger partial charge in [0.15, 0.2) is 0 Å². The molecule has 3 aromatic rings. The van der Waals surface area contributed by atoms with E-state index >= 15 is 0 Å². The van der Waals surface area contributed by atoms with Gasteiger partial charge in [-0.25, -0.2) is 4.98 Å². The smallest absolute Gasteiger partial charge is 0.244 e. The van der Waals surface area contributed by atoms with Crippen molar-refractivity contribution in [1.29, 1.82) is 0 Å². The number of rotatable bonds is 6. The number of nitrogens with one attached hydrogen (secondary N) is 2. The predicted molar refractivity (Wildman–Crippen MR) is 114 cm³/mol. The SMILES string of the molecule is CC(C)C(=O)NC(C)c1nc2ccccc2n1CC(=O)Nc1cccc(Br)c1. The molecule has 0 radical (unpaired) electrons. The summed E-state index contributed by atoms with van der Waals surface area (Å²) in [5.74, 6) is 0.314. The van der Waals surface area contributed by atoms with E-state index < -0.39 is 0 Å². The Labute approximate surface area is 172 Å². The number of benzene rings is 2. The molecule has 2 amide bonds. The second-order valence-electron chi connectivity index (χ2n) is 6.99. The summed E-state index contributed by atoms with van der Waals surface area (Å²) in [6.07, 6.45) is 0. The van der Waals surface area contributed by atoms with Crippen LogP contribution in [0, 0.1) is 5.92 Å². The van der Waals surface area contributed by atoms with Crippen LogP contribution >= 0.6 is 15.9 Å².